The number of benzene rings is 4. The molecule has 0 saturated carbocycles. The lowest BCUT2D eigenvalue weighted by Gasteiger charge is -2.17. The molecule has 4 aromatic carbocycles. The van der Waals surface area contributed by atoms with E-state index < -0.39 is 0 Å². The summed E-state index contributed by atoms with van der Waals surface area (Å²) in [7, 11) is 0. The van der Waals surface area contributed by atoms with Gasteiger partial charge in [-0.15, -0.1) is 0 Å². The second-order valence-electron chi connectivity index (χ2n) is 10.1. The van der Waals surface area contributed by atoms with Crippen molar-refractivity contribution in [3.63, 3.8) is 0 Å². The van der Waals surface area contributed by atoms with Gasteiger partial charge in [-0.05, 0) is 91.4 Å². The summed E-state index contributed by atoms with van der Waals surface area (Å²) in [5.74, 6) is 1.40. The van der Waals surface area contributed by atoms with E-state index in [1.54, 1.807) is 0 Å². The number of rotatable bonds is 4. The Morgan fingerprint density at radius 2 is 1.42 bits per heavy atom. The van der Waals surface area contributed by atoms with Crippen LogP contribution in [0, 0.1) is 20.8 Å². The molecule has 2 heterocycles. The minimum absolute atomic E-state index is 0.433. The Balaban J connectivity index is 1.53. The van der Waals surface area contributed by atoms with Crippen LogP contribution in [0.1, 0.15) is 42.0 Å². The van der Waals surface area contributed by atoms with E-state index in [9.17, 15) is 0 Å². The fourth-order valence-corrected chi connectivity index (χ4v) is 5.44. The Bertz CT molecular complexity index is 1750. The SMILES string of the molecule is Cc1cc2c3ccccc3n(-c3ccc(-c4nccn4-c4ccccc4C(C)C)cc3C)c2cc1C. The molecule has 0 N–H and O–H groups in total. The molecule has 0 atom stereocenters. The Kier molecular flexibility index (Phi) is 5.30. The minimum Gasteiger partial charge on any atom is -0.309 e. The number of aromatic nitrogens is 3. The summed E-state index contributed by atoms with van der Waals surface area (Å²) in [6.45, 7) is 11.1. The summed E-state index contributed by atoms with van der Waals surface area (Å²) in [5, 5.41) is 2.60. The molecule has 0 amide bonds. The van der Waals surface area contributed by atoms with Crippen LogP contribution >= 0.6 is 0 Å². The Hall–Kier alpha value is -4.11. The maximum absolute atomic E-state index is 4.77. The molecule has 0 radical (unpaired) electrons. The van der Waals surface area contributed by atoms with Crippen LogP contribution in [0.3, 0.4) is 0 Å². The number of aryl methyl sites for hydroxylation is 3. The van der Waals surface area contributed by atoms with E-state index in [1.165, 1.54) is 55.4 Å². The van der Waals surface area contributed by atoms with Crippen molar-refractivity contribution in [2.75, 3.05) is 0 Å². The third kappa shape index (κ3) is 3.46. The largest absolute Gasteiger partial charge is 0.309 e. The summed E-state index contributed by atoms with van der Waals surface area (Å²) in [4.78, 5) is 4.77. The van der Waals surface area contributed by atoms with Crippen LogP contribution in [0.15, 0.2) is 91.3 Å². The van der Waals surface area contributed by atoms with Crippen molar-refractivity contribution >= 4 is 21.8 Å². The average Bonchev–Trinajstić information content (AvgIpc) is 3.48. The number of hydrogen-bond donors (Lipinski definition) is 0. The van der Waals surface area contributed by atoms with Crippen molar-refractivity contribution in [3.05, 3.63) is 114 Å². The summed E-state index contributed by atoms with van der Waals surface area (Å²) in [5.41, 5.74) is 11.2. The van der Waals surface area contributed by atoms with Gasteiger partial charge in [0.15, 0.2) is 0 Å². The highest BCUT2D eigenvalue weighted by Gasteiger charge is 2.17. The number of para-hydroxylation sites is 2. The molecule has 0 saturated heterocycles. The molecule has 0 spiro atoms. The van der Waals surface area contributed by atoms with E-state index in [0.717, 1.165) is 11.4 Å². The van der Waals surface area contributed by atoms with Crippen LogP contribution in [-0.2, 0) is 0 Å². The molecule has 3 heteroatoms. The third-order valence-corrected chi connectivity index (χ3v) is 7.44. The van der Waals surface area contributed by atoms with Crippen LogP contribution in [0.2, 0.25) is 0 Å². The molecular formula is C33H31N3. The average molecular weight is 470 g/mol. The quantitative estimate of drug-likeness (QED) is 0.253. The predicted octanol–water partition coefficient (Wildman–Crippen LogP) is 8.69. The van der Waals surface area contributed by atoms with Gasteiger partial charge in [0.1, 0.15) is 5.82 Å². The summed E-state index contributed by atoms with van der Waals surface area (Å²) >= 11 is 0. The molecule has 178 valence electrons. The first-order valence-electron chi connectivity index (χ1n) is 12.7. The van der Waals surface area contributed by atoms with E-state index in [4.69, 9.17) is 4.98 Å². The van der Waals surface area contributed by atoms with Crippen LogP contribution < -0.4 is 0 Å². The Morgan fingerprint density at radius 1 is 0.667 bits per heavy atom. The van der Waals surface area contributed by atoms with Gasteiger partial charge in [0.2, 0.25) is 0 Å². The Morgan fingerprint density at radius 3 is 2.22 bits per heavy atom. The molecule has 0 fully saturated rings. The van der Waals surface area contributed by atoms with Crippen molar-refractivity contribution in [2.24, 2.45) is 0 Å². The van der Waals surface area contributed by atoms with Gasteiger partial charge in [-0.2, -0.15) is 0 Å². The van der Waals surface area contributed by atoms with Gasteiger partial charge in [0.25, 0.3) is 0 Å². The van der Waals surface area contributed by atoms with Gasteiger partial charge in [0, 0.05) is 34.4 Å². The maximum atomic E-state index is 4.77. The van der Waals surface area contributed by atoms with E-state index >= 15 is 0 Å². The molecule has 0 aliphatic rings. The predicted molar refractivity (Wildman–Crippen MR) is 152 cm³/mol. The first-order chi connectivity index (χ1) is 17.4. The first-order valence-corrected chi connectivity index (χ1v) is 12.7. The summed E-state index contributed by atoms with van der Waals surface area (Å²) < 4.78 is 4.63. The highest BCUT2D eigenvalue weighted by atomic mass is 15.1. The second kappa shape index (κ2) is 8.53. The lowest BCUT2D eigenvalue weighted by molar-refractivity contribution is 0.847. The summed E-state index contributed by atoms with van der Waals surface area (Å²) in [6.07, 6.45) is 3.96. The first kappa shape index (κ1) is 22.4. The van der Waals surface area contributed by atoms with E-state index in [2.05, 4.69) is 129 Å². The molecule has 36 heavy (non-hydrogen) atoms. The summed E-state index contributed by atoms with van der Waals surface area (Å²) in [6, 6.07) is 28.7. The monoisotopic (exact) mass is 469 g/mol. The van der Waals surface area contributed by atoms with Crippen molar-refractivity contribution < 1.29 is 0 Å². The zero-order chi connectivity index (χ0) is 25.0. The van der Waals surface area contributed by atoms with E-state index in [-0.39, 0.29) is 0 Å². The number of nitrogens with zero attached hydrogens (tertiary/aromatic N) is 3. The number of fused-ring (bicyclic) bond motifs is 3. The highest BCUT2D eigenvalue weighted by molar-refractivity contribution is 6.09. The normalized spacial score (nSPS) is 11.7. The van der Waals surface area contributed by atoms with Crippen LogP contribution in [-0.4, -0.2) is 14.1 Å². The molecule has 3 nitrogen and oxygen atoms in total. The molecule has 0 bridgehead atoms. The lowest BCUT2D eigenvalue weighted by Crippen LogP contribution is -2.03. The maximum Gasteiger partial charge on any atom is 0.144 e. The second-order valence-corrected chi connectivity index (χ2v) is 10.1. The topological polar surface area (TPSA) is 22.8 Å². The fraction of sp³-hybridized carbons (Fsp3) is 0.182. The van der Waals surface area contributed by atoms with Gasteiger partial charge in [-0.3, -0.25) is 4.57 Å². The van der Waals surface area contributed by atoms with Gasteiger partial charge in [0.05, 0.1) is 16.7 Å². The van der Waals surface area contributed by atoms with Gasteiger partial charge < -0.3 is 4.57 Å². The van der Waals surface area contributed by atoms with Crippen molar-refractivity contribution in [3.8, 4) is 22.8 Å². The standard InChI is InChI=1S/C33H31N3/c1-21(2)26-10-6-8-12-30(26)35-17-16-34-33(35)25-14-15-29(24(5)18-25)36-31-13-9-7-11-27(31)28-19-22(3)23(4)20-32(28)36/h6-21H,1-5H3. The van der Waals surface area contributed by atoms with Crippen molar-refractivity contribution in [1.82, 2.24) is 14.1 Å². The molecular weight excluding hydrogens is 438 g/mol. The van der Waals surface area contributed by atoms with Crippen molar-refractivity contribution in [1.29, 1.82) is 0 Å². The van der Waals surface area contributed by atoms with Crippen molar-refractivity contribution in [2.45, 2.75) is 40.5 Å². The molecule has 2 aromatic heterocycles. The van der Waals surface area contributed by atoms with Crippen LogP contribution in [0.25, 0.3) is 44.6 Å². The van der Waals surface area contributed by atoms with Gasteiger partial charge >= 0.3 is 0 Å². The molecule has 6 rings (SSSR count). The molecule has 0 aliphatic heterocycles. The number of hydrogen-bond acceptors (Lipinski definition) is 1. The van der Waals surface area contributed by atoms with E-state index in [1.807, 2.05) is 6.20 Å². The van der Waals surface area contributed by atoms with Gasteiger partial charge in [-0.1, -0.05) is 50.2 Å². The zero-order valence-corrected chi connectivity index (χ0v) is 21.6. The number of imidazole rings is 1. The minimum atomic E-state index is 0.433. The van der Waals surface area contributed by atoms with Crippen LogP contribution in [0.5, 0.6) is 0 Å². The lowest BCUT2D eigenvalue weighted by atomic mass is 10.0. The zero-order valence-electron chi connectivity index (χ0n) is 21.6. The molecule has 0 aliphatic carbocycles. The van der Waals surface area contributed by atoms with Gasteiger partial charge in [-0.25, -0.2) is 4.98 Å². The van der Waals surface area contributed by atoms with Crippen LogP contribution in [0.4, 0.5) is 0 Å². The third-order valence-electron chi connectivity index (χ3n) is 7.44. The molecule has 6 aromatic rings. The highest BCUT2D eigenvalue weighted by Crippen LogP contribution is 2.36. The smallest absolute Gasteiger partial charge is 0.144 e. The Labute approximate surface area is 212 Å². The molecule has 0 unspecified atom stereocenters. The fourth-order valence-electron chi connectivity index (χ4n) is 5.44. The van der Waals surface area contributed by atoms with E-state index in [0.29, 0.717) is 5.92 Å².